The molecule has 7 rings (SSSR count). The third kappa shape index (κ3) is 5.60. The normalized spacial score (nSPS) is 22.0. The van der Waals surface area contributed by atoms with Crippen LogP contribution in [-0.2, 0) is 15.9 Å². The fourth-order valence-corrected chi connectivity index (χ4v) is 7.35. The van der Waals surface area contributed by atoms with Crippen molar-refractivity contribution in [3.05, 3.63) is 47.7 Å². The molecule has 244 valence electrons. The van der Waals surface area contributed by atoms with Crippen molar-refractivity contribution < 1.29 is 32.1 Å². The van der Waals surface area contributed by atoms with Gasteiger partial charge in [0.05, 0.1) is 17.5 Å². The first-order valence-corrected chi connectivity index (χ1v) is 16.0. The predicted molar refractivity (Wildman–Crippen MR) is 168 cm³/mol. The number of alkyl halides is 1. The van der Waals surface area contributed by atoms with Crippen LogP contribution in [0, 0.1) is 11.6 Å². The zero-order valence-electron chi connectivity index (χ0n) is 26.2. The molecular formula is C34H38F3N5O4. The Hall–Kier alpha value is -3.74. The molecule has 5 heterocycles. The number of benzene rings is 2. The first-order chi connectivity index (χ1) is 22.4. The third-order valence-electron chi connectivity index (χ3n) is 9.49. The molecule has 0 amide bonds. The van der Waals surface area contributed by atoms with Crippen LogP contribution in [0.15, 0.2) is 30.5 Å². The van der Waals surface area contributed by atoms with Crippen molar-refractivity contribution in [3.63, 3.8) is 0 Å². The van der Waals surface area contributed by atoms with Gasteiger partial charge in [0, 0.05) is 51.5 Å². The van der Waals surface area contributed by atoms with Crippen LogP contribution in [0.2, 0.25) is 0 Å². The van der Waals surface area contributed by atoms with Crippen LogP contribution >= 0.6 is 0 Å². The summed E-state index contributed by atoms with van der Waals surface area (Å²) < 4.78 is 69.3. The lowest BCUT2D eigenvalue weighted by Gasteiger charge is -2.31. The van der Waals surface area contributed by atoms with Crippen molar-refractivity contribution in [2.45, 2.75) is 50.7 Å². The quantitative estimate of drug-likeness (QED) is 0.210. The molecule has 2 atom stereocenters. The molecule has 4 aromatic rings. The second kappa shape index (κ2) is 12.8. The van der Waals surface area contributed by atoms with E-state index in [-0.39, 0.29) is 36.4 Å². The topological polar surface area (TPSA) is 82.1 Å². The molecule has 3 saturated heterocycles. The van der Waals surface area contributed by atoms with E-state index >= 15 is 8.78 Å². The maximum absolute atomic E-state index is 16.9. The Morgan fingerprint density at radius 3 is 2.80 bits per heavy atom. The number of halogens is 3. The van der Waals surface area contributed by atoms with E-state index in [2.05, 4.69) is 14.9 Å². The Kier molecular flexibility index (Phi) is 8.60. The molecule has 0 spiro atoms. The minimum atomic E-state index is -0.906. The molecular weight excluding hydrogens is 599 g/mol. The first kappa shape index (κ1) is 30.9. The molecule has 0 bridgehead atoms. The fourth-order valence-electron chi connectivity index (χ4n) is 7.35. The Morgan fingerprint density at radius 2 is 1.96 bits per heavy atom. The minimum Gasteiger partial charge on any atom is -0.468 e. The van der Waals surface area contributed by atoms with Gasteiger partial charge in [-0.25, -0.2) is 13.2 Å². The van der Waals surface area contributed by atoms with E-state index in [4.69, 9.17) is 23.9 Å². The second-order valence-electron chi connectivity index (χ2n) is 12.3. The van der Waals surface area contributed by atoms with Crippen LogP contribution in [-0.4, -0.2) is 91.5 Å². The molecule has 0 unspecified atom stereocenters. The third-order valence-corrected chi connectivity index (χ3v) is 9.49. The SMILES string of the molecule is CCc1c(F)ccc2cc(OCOC)cc(-c3ncc4c(N5CCCOCC5)nc(OC[C@@]56CCCN5C[C@H](F)C6)nc4c3F)c12. The van der Waals surface area contributed by atoms with Crippen LogP contribution in [0.5, 0.6) is 11.8 Å². The molecule has 0 saturated carbocycles. The number of pyridine rings is 1. The number of hydrogen-bond donors (Lipinski definition) is 0. The van der Waals surface area contributed by atoms with E-state index in [1.54, 1.807) is 24.4 Å². The van der Waals surface area contributed by atoms with E-state index in [1.807, 2.05) is 11.8 Å². The van der Waals surface area contributed by atoms with Crippen molar-refractivity contribution in [2.75, 3.05) is 64.8 Å². The number of ether oxygens (including phenoxy) is 4. The summed E-state index contributed by atoms with van der Waals surface area (Å²) >= 11 is 0. The maximum Gasteiger partial charge on any atom is 0.319 e. The van der Waals surface area contributed by atoms with Gasteiger partial charge in [-0.2, -0.15) is 9.97 Å². The lowest BCUT2D eigenvalue weighted by molar-refractivity contribution is 0.0512. The molecule has 12 heteroatoms. The van der Waals surface area contributed by atoms with Gasteiger partial charge >= 0.3 is 6.01 Å². The molecule has 0 N–H and O–H groups in total. The van der Waals surface area contributed by atoms with Gasteiger partial charge < -0.3 is 23.8 Å². The number of fused-ring (bicyclic) bond motifs is 3. The average Bonchev–Trinajstić information content (AvgIpc) is 3.44. The van der Waals surface area contributed by atoms with Crippen LogP contribution in [0.4, 0.5) is 19.0 Å². The molecule has 2 aromatic heterocycles. The maximum atomic E-state index is 16.9. The number of methoxy groups -OCH3 is 1. The highest BCUT2D eigenvalue weighted by Crippen LogP contribution is 2.42. The first-order valence-electron chi connectivity index (χ1n) is 16.0. The molecule has 9 nitrogen and oxygen atoms in total. The van der Waals surface area contributed by atoms with Gasteiger partial charge in [0.25, 0.3) is 0 Å². The summed E-state index contributed by atoms with van der Waals surface area (Å²) in [5.74, 6) is -0.130. The van der Waals surface area contributed by atoms with Crippen molar-refractivity contribution in [1.82, 2.24) is 19.9 Å². The Bertz CT molecular complexity index is 1750. The summed E-state index contributed by atoms with van der Waals surface area (Å²) in [7, 11) is 1.51. The molecule has 2 aromatic carbocycles. The van der Waals surface area contributed by atoms with E-state index < -0.39 is 17.5 Å². The zero-order chi connectivity index (χ0) is 31.8. The average molecular weight is 638 g/mol. The van der Waals surface area contributed by atoms with Crippen molar-refractivity contribution >= 4 is 27.5 Å². The van der Waals surface area contributed by atoms with Crippen molar-refractivity contribution in [1.29, 1.82) is 0 Å². The molecule has 3 aliphatic rings. The van der Waals surface area contributed by atoms with Gasteiger partial charge in [-0.15, -0.1) is 0 Å². The lowest BCUT2D eigenvalue weighted by atomic mass is 9.94. The zero-order valence-corrected chi connectivity index (χ0v) is 26.2. The van der Waals surface area contributed by atoms with Gasteiger partial charge in [-0.05, 0) is 66.8 Å². The molecule has 3 aliphatic heterocycles. The molecule has 0 aliphatic carbocycles. The van der Waals surface area contributed by atoms with Gasteiger partial charge in [0.2, 0.25) is 0 Å². The summed E-state index contributed by atoms with van der Waals surface area (Å²) in [6, 6.07) is 6.51. The lowest BCUT2D eigenvalue weighted by Crippen LogP contribution is -2.43. The Morgan fingerprint density at radius 1 is 1.07 bits per heavy atom. The van der Waals surface area contributed by atoms with E-state index in [0.29, 0.717) is 84.5 Å². The summed E-state index contributed by atoms with van der Waals surface area (Å²) in [6.45, 7) is 5.60. The minimum absolute atomic E-state index is 0.00657. The summed E-state index contributed by atoms with van der Waals surface area (Å²) in [5, 5.41) is 1.66. The highest BCUT2D eigenvalue weighted by molar-refractivity contribution is 6.01. The van der Waals surface area contributed by atoms with Gasteiger partial charge in [0.1, 0.15) is 41.4 Å². The smallest absolute Gasteiger partial charge is 0.319 e. The van der Waals surface area contributed by atoms with E-state index in [1.165, 1.54) is 13.2 Å². The molecule has 46 heavy (non-hydrogen) atoms. The number of nitrogens with zero attached hydrogens (tertiary/aromatic N) is 5. The van der Waals surface area contributed by atoms with Gasteiger partial charge in [-0.1, -0.05) is 13.0 Å². The van der Waals surface area contributed by atoms with Crippen LogP contribution < -0.4 is 14.4 Å². The Balaban J connectivity index is 1.38. The number of hydrogen-bond acceptors (Lipinski definition) is 9. The van der Waals surface area contributed by atoms with Crippen molar-refractivity contribution in [3.8, 4) is 23.0 Å². The van der Waals surface area contributed by atoms with Crippen LogP contribution in [0.3, 0.4) is 0 Å². The fraction of sp³-hybridized carbons (Fsp3) is 0.500. The van der Waals surface area contributed by atoms with Gasteiger partial charge in [-0.3, -0.25) is 9.88 Å². The monoisotopic (exact) mass is 637 g/mol. The Labute approximate surface area is 265 Å². The summed E-state index contributed by atoms with van der Waals surface area (Å²) in [5.41, 5.74) is 0.458. The largest absolute Gasteiger partial charge is 0.468 e. The highest BCUT2D eigenvalue weighted by atomic mass is 19.1. The van der Waals surface area contributed by atoms with E-state index in [0.717, 1.165) is 25.8 Å². The van der Waals surface area contributed by atoms with Crippen LogP contribution in [0.1, 0.15) is 38.2 Å². The highest BCUT2D eigenvalue weighted by Gasteiger charge is 2.49. The number of aromatic nitrogens is 3. The van der Waals surface area contributed by atoms with Crippen molar-refractivity contribution in [2.24, 2.45) is 0 Å². The van der Waals surface area contributed by atoms with Gasteiger partial charge in [0.15, 0.2) is 12.6 Å². The number of rotatable bonds is 9. The van der Waals surface area contributed by atoms with E-state index in [9.17, 15) is 4.39 Å². The second-order valence-corrected chi connectivity index (χ2v) is 12.3. The summed E-state index contributed by atoms with van der Waals surface area (Å²) in [6.07, 6.45) is 4.02. The number of anilines is 1. The summed E-state index contributed by atoms with van der Waals surface area (Å²) in [4.78, 5) is 18.2. The standard InChI is InChI=1S/C34H38F3N5O4/c1-3-24-27(36)7-6-21-14-23(46-20-43-2)15-25(28(21)24)30-29(37)31-26(17-38-30)32(41-9-5-12-44-13-11-41)40-33(39-31)45-19-34-8-4-10-42(34)18-22(35)16-34/h6-7,14-15,17,22H,3-5,8-13,16,18-20H2,1-2H3/t22-,34+/m1/s1. The molecule has 3 fully saturated rings. The molecule has 0 radical (unpaired) electrons. The predicted octanol–water partition coefficient (Wildman–Crippen LogP) is 5.85. The van der Waals surface area contributed by atoms with Crippen LogP contribution in [0.25, 0.3) is 32.9 Å². The number of aryl methyl sites for hydroxylation is 1.